The molecule has 0 aliphatic heterocycles. The summed E-state index contributed by atoms with van der Waals surface area (Å²) in [5.41, 5.74) is 2.04. The van der Waals surface area contributed by atoms with Gasteiger partial charge in [-0.25, -0.2) is 0 Å². The zero-order chi connectivity index (χ0) is 19.6. The SMILES string of the molecule is COc1ccc(CCNC(=O)/C(=C/c2ccccc2)NC(C)=O)cc1OC. The van der Waals surface area contributed by atoms with Crippen molar-refractivity contribution in [3.05, 3.63) is 65.4 Å². The first-order valence-electron chi connectivity index (χ1n) is 8.57. The second-order valence-electron chi connectivity index (χ2n) is 5.85. The van der Waals surface area contributed by atoms with Crippen LogP contribution in [0.15, 0.2) is 54.2 Å². The number of carbonyl (C=O) groups is 2. The first-order valence-corrected chi connectivity index (χ1v) is 8.57. The van der Waals surface area contributed by atoms with Crippen LogP contribution in [0.25, 0.3) is 6.08 Å². The molecule has 0 fully saturated rings. The quantitative estimate of drug-likeness (QED) is 0.702. The Morgan fingerprint density at radius 1 is 1.00 bits per heavy atom. The fourth-order valence-electron chi connectivity index (χ4n) is 2.52. The average molecular weight is 368 g/mol. The van der Waals surface area contributed by atoms with Crippen LogP contribution >= 0.6 is 0 Å². The van der Waals surface area contributed by atoms with Gasteiger partial charge in [-0.1, -0.05) is 36.4 Å². The highest BCUT2D eigenvalue weighted by molar-refractivity contribution is 6.00. The third-order valence-electron chi connectivity index (χ3n) is 3.81. The molecule has 0 heterocycles. The predicted molar refractivity (Wildman–Crippen MR) is 104 cm³/mol. The van der Waals surface area contributed by atoms with Crippen molar-refractivity contribution < 1.29 is 19.1 Å². The largest absolute Gasteiger partial charge is 0.493 e. The van der Waals surface area contributed by atoms with Gasteiger partial charge in [0, 0.05) is 13.5 Å². The Hall–Kier alpha value is -3.28. The molecular weight excluding hydrogens is 344 g/mol. The Morgan fingerprint density at radius 3 is 2.33 bits per heavy atom. The number of methoxy groups -OCH3 is 2. The first-order chi connectivity index (χ1) is 13.0. The van der Waals surface area contributed by atoms with Crippen LogP contribution in [0, 0.1) is 0 Å². The molecule has 0 bridgehead atoms. The van der Waals surface area contributed by atoms with E-state index in [9.17, 15) is 9.59 Å². The van der Waals surface area contributed by atoms with E-state index in [4.69, 9.17) is 9.47 Å². The third kappa shape index (κ3) is 6.18. The van der Waals surface area contributed by atoms with Crippen LogP contribution < -0.4 is 20.1 Å². The zero-order valence-electron chi connectivity index (χ0n) is 15.7. The molecule has 0 aliphatic rings. The van der Waals surface area contributed by atoms with Gasteiger partial charge in [0.05, 0.1) is 14.2 Å². The minimum absolute atomic E-state index is 0.209. The Balaban J connectivity index is 2.01. The lowest BCUT2D eigenvalue weighted by Crippen LogP contribution is -2.34. The summed E-state index contributed by atoms with van der Waals surface area (Å²) in [6.45, 7) is 1.79. The van der Waals surface area contributed by atoms with Gasteiger partial charge in [-0.2, -0.15) is 0 Å². The number of benzene rings is 2. The van der Waals surface area contributed by atoms with Crippen molar-refractivity contribution in [2.75, 3.05) is 20.8 Å². The molecule has 0 radical (unpaired) electrons. The van der Waals surface area contributed by atoms with Gasteiger partial charge < -0.3 is 20.1 Å². The summed E-state index contributed by atoms with van der Waals surface area (Å²) in [4.78, 5) is 23.9. The number of hydrogen-bond donors (Lipinski definition) is 2. The van der Waals surface area contributed by atoms with Crippen molar-refractivity contribution in [1.29, 1.82) is 0 Å². The number of carbonyl (C=O) groups excluding carboxylic acids is 2. The minimum atomic E-state index is -0.338. The van der Waals surface area contributed by atoms with Gasteiger partial charge in [0.25, 0.3) is 5.91 Å². The van der Waals surface area contributed by atoms with Crippen LogP contribution in [-0.4, -0.2) is 32.6 Å². The van der Waals surface area contributed by atoms with Gasteiger partial charge >= 0.3 is 0 Å². The molecule has 27 heavy (non-hydrogen) atoms. The van der Waals surface area contributed by atoms with Gasteiger partial charge in [0.1, 0.15) is 5.70 Å². The Kier molecular flexibility index (Phi) is 7.43. The zero-order valence-corrected chi connectivity index (χ0v) is 15.7. The van der Waals surface area contributed by atoms with Crippen LogP contribution in [0.3, 0.4) is 0 Å². The molecule has 2 aromatic rings. The monoisotopic (exact) mass is 368 g/mol. The van der Waals surface area contributed by atoms with E-state index >= 15 is 0 Å². The molecule has 2 aromatic carbocycles. The van der Waals surface area contributed by atoms with Gasteiger partial charge in [0.15, 0.2) is 11.5 Å². The summed E-state index contributed by atoms with van der Waals surface area (Å²) in [6.07, 6.45) is 2.26. The van der Waals surface area contributed by atoms with Crippen molar-refractivity contribution in [2.45, 2.75) is 13.3 Å². The molecule has 0 aliphatic carbocycles. The second-order valence-corrected chi connectivity index (χ2v) is 5.85. The molecule has 0 aromatic heterocycles. The second kappa shape index (κ2) is 10.0. The van der Waals surface area contributed by atoms with Crippen LogP contribution in [0.5, 0.6) is 11.5 Å². The summed E-state index contributed by atoms with van der Waals surface area (Å²) < 4.78 is 10.5. The maximum atomic E-state index is 12.5. The highest BCUT2D eigenvalue weighted by Gasteiger charge is 2.11. The van der Waals surface area contributed by atoms with E-state index in [1.165, 1.54) is 6.92 Å². The third-order valence-corrected chi connectivity index (χ3v) is 3.81. The highest BCUT2D eigenvalue weighted by atomic mass is 16.5. The minimum Gasteiger partial charge on any atom is -0.493 e. The highest BCUT2D eigenvalue weighted by Crippen LogP contribution is 2.27. The molecule has 6 nitrogen and oxygen atoms in total. The van der Waals surface area contributed by atoms with Gasteiger partial charge in [0.2, 0.25) is 5.91 Å². The molecule has 0 saturated carbocycles. The van der Waals surface area contributed by atoms with E-state index < -0.39 is 0 Å². The summed E-state index contributed by atoms with van der Waals surface area (Å²) in [6, 6.07) is 15.0. The maximum Gasteiger partial charge on any atom is 0.267 e. The number of hydrogen-bond acceptors (Lipinski definition) is 4. The van der Waals surface area contributed by atoms with Crippen molar-refractivity contribution >= 4 is 17.9 Å². The molecule has 0 atom stereocenters. The fraction of sp³-hybridized carbons (Fsp3) is 0.238. The van der Waals surface area contributed by atoms with Gasteiger partial charge in [-0.15, -0.1) is 0 Å². The molecule has 2 N–H and O–H groups in total. The van der Waals surface area contributed by atoms with E-state index in [-0.39, 0.29) is 17.5 Å². The molecule has 0 spiro atoms. The average Bonchev–Trinajstić information content (AvgIpc) is 2.67. The molecule has 6 heteroatoms. The predicted octanol–water partition coefficient (Wildman–Crippen LogP) is 2.54. The van der Waals surface area contributed by atoms with Crippen molar-refractivity contribution in [2.24, 2.45) is 0 Å². The fourth-order valence-corrected chi connectivity index (χ4v) is 2.52. The van der Waals surface area contributed by atoms with Crippen molar-refractivity contribution in [3.8, 4) is 11.5 Å². The smallest absolute Gasteiger partial charge is 0.267 e. The molecule has 2 rings (SSSR count). The van der Waals surface area contributed by atoms with E-state index in [2.05, 4.69) is 10.6 Å². The van der Waals surface area contributed by atoms with E-state index in [1.54, 1.807) is 20.3 Å². The number of nitrogens with one attached hydrogen (secondary N) is 2. The molecule has 2 amide bonds. The van der Waals surface area contributed by atoms with Crippen LogP contribution in [0.1, 0.15) is 18.1 Å². The standard InChI is InChI=1S/C21H24N2O4/c1-15(24)23-18(13-16-7-5-4-6-8-16)21(25)22-12-11-17-9-10-19(26-2)20(14-17)27-3/h4-10,13-14H,11-12H2,1-3H3,(H,22,25)(H,23,24)/b18-13-. The Labute approximate surface area is 159 Å². The maximum absolute atomic E-state index is 12.5. The van der Waals surface area contributed by atoms with Gasteiger partial charge in [-0.3, -0.25) is 9.59 Å². The molecule has 0 unspecified atom stereocenters. The lowest BCUT2D eigenvalue weighted by atomic mass is 10.1. The number of ether oxygens (including phenoxy) is 2. The number of amides is 2. The summed E-state index contributed by atoms with van der Waals surface area (Å²) in [5.74, 6) is 0.662. The van der Waals surface area contributed by atoms with E-state index in [1.807, 2.05) is 48.5 Å². The summed E-state index contributed by atoms with van der Waals surface area (Å²) in [7, 11) is 3.16. The molecule has 0 saturated heterocycles. The molecular formula is C21H24N2O4. The number of rotatable bonds is 8. The van der Waals surface area contributed by atoms with Crippen molar-refractivity contribution in [1.82, 2.24) is 10.6 Å². The topological polar surface area (TPSA) is 76.7 Å². The summed E-state index contributed by atoms with van der Waals surface area (Å²) >= 11 is 0. The molecule has 142 valence electrons. The normalized spacial score (nSPS) is 10.9. The lowest BCUT2D eigenvalue weighted by Gasteiger charge is -2.11. The van der Waals surface area contributed by atoms with Crippen LogP contribution in [0.4, 0.5) is 0 Å². The first kappa shape index (κ1) is 20.0. The van der Waals surface area contributed by atoms with E-state index in [0.717, 1.165) is 11.1 Å². The van der Waals surface area contributed by atoms with Crippen molar-refractivity contribution in [3.63, 3.8) is 0 Å². The van der Waals surface area contributed by atoms with Gasteiger partial charge in [-0.05, 0) is 35.8 Å². The Morgan fingerprint density at radius 2 is 1.70 bits per heavy atom. The van der Waals surface area contributed by atoms with E-state index in [0.29, 0.717) is 24.5 Å². The Bertz CT molecular complexity index is 816. The van der Waals surface area contributed by atoms with Crippen LogP contribution in [0.2, 0.25) is 0 Å². The summed E-state index contributed by atoms with van der Waals surface area (Å²) in [5, 5.41) is 5.41. The lowest BCUT2D eigenvalue weighted by molar-refractivity contribution is -0.122. The van der Waals surface area contributed by atoms with Crippen LogP contribution in [-0.2, 0) is 16.0 Å².